The van der Waals surface area contributed by atoms with Crippen LogP contribution in [0.5, 0.6) is 0 Å². The fraction of sp³-hybridized carbons (Fsp3) is 0.176. The van der Waals surface area contributed by atoms with Crippen molar-refractivity contribution in [3.8, 4) is 11.4 Å². The van der Waals surface area contributed by atoms with Gasteiger partial charge < -0.3 is 4.52 Å². The molecule has 140 valence electrons. The van der Waals surface area contributed by atoms with Crippen LogP contribution >= 0.6 is 0 Å². The smallest absolute Gasteiger partial charge is 0.289 e. The zero-order valence-corrected chi connectivity index (χ0v) is 15.4. The van der Waals surface area contributed by atoms with Crippen molar-refractivity contribution in [2.75, 3.05) is 7.05 Å². The van der Waals surface area contributed by atoms with Gasteiger partial charge >= 0.3 is 0 Å². The molecule has 0 N–H and O–H groups in total. The zero-order chi connectivity index (χ0) is 19.6. The van der Waals surface area contributed by atoms with Crippen molar-refractivity contribution in [3.63, 3.8) is 0 Å². The maximum absolute atomic E-state index is 12.7. The van der Waals surface area contributed by atoms with Crippen LogP contribution in [0.1, 0.15) is 11.5 Å². The molecular formula is C17H16N4O5S. The van der Waals surface area contributed by atoms with E-state index < -0.39 is 25.5 Å². The summed E-state index contributed by atoms with van der Waals surface area (Å²) in [5.74, 6) is 0.428. The van der Waals surface area contributed by atoms with E-state index in [1.165, 1.54) is 25.2 Å². The number of nitro benzene ring substituents is 1. The predicted molar refractivity (Wildman–Crippen MR) is 96.2 cm³/mol. The second kappa shape index (κ2) is 7.25. The van der Waals surface area contributed by atoms with Gasteiger partial charge in [-0.1, -0.05) is 41.6 Å². The van der Waals surface area contributed by atoms with Crippen molar-refractivity contribution in [2.45, 2.75) is 18.4 Å². The van der Waals surface area contributed by atoms with Crippen LogP contribution in [0.3, 0.4) is 0 Å². The summed E-state index contributed by atoms with van der Waals surface area (Å²) >= 11 is 0. The van der Waals surface area contributed by atoms with Gasteiger partial charge in [-0.2, -0.15) is 9.29 Å². The van der Waals surface area contributed by atoms with E-state index in [1.807, 2.05) is 31.2 Å². The Hall–Kier alpha value is -3.11. The molecule has 0 spiro atoms. The highest BCUT2D eigenvalue weighted by Crippen LogP contribution is 2.27. The van der Waals surface area contributed by atoms with Crippen molar-refractivity contribution in [1.82, 2.24) is 14.4 Å². The molecule has 2 aromatic carbocycles. The number of sulfonamides is 1. The van der Waals surface area contributed by atoms with Gasteiger partial charge in [-0.25, -0.2) is 8.42 Å². The minimum Gasteiger partial charge on any atom is -0.338 e. The van der Waals surface area contributed by atoms with Gasteiger partial charge in [0.05, 0.1) is 11.5 Å². The number of aromatic nitrogens is 2. The molecule has 10 heteroatoms. The molecule has 0 unspecified atom stereocenters. The molecule has 0 radical (unpaired) electrons. The van der Waals surface area contributed by atoms with E-state index in [0.29, 0.717) is 5.82 Å². The minimum absolute atomic E-state index is 0.0814. The monoisotopic (exact) mass is 388 g/mol. The van der Waals surface area contributed by atoms with Crippen LogP contribution in [-0.4, -0.2) is 34.8 Å². The molecule has 0 bridgehead atoms. The van der Waals surface area contributed by atoms with E-state index in [0.717, 1.165) is 21.5 Å². The third-order valence-electron chi connectivity index (χ3n) is 3.96. The van der Waals surface area contributed by atoms with Crippen molar-refractivity contribution in [2.24, 2.45) is 0 Å². The van der Waals surface area contributed by atoms with Gasteiger partial charge in [0.2, 0.25) is 21.7 Å². The molecule has 1 heterocycles. The van der Waals surface area contributed by atoms with Crippen molar-refractivity contribution >= 4 is 15.7 Å². The third-order valence-corrected chi connectivity index (χ3v) is 5.81. The molecule has 0 fully saturated rings. The summed E-state index contributed by atoms with van der Waals surface area (Å²) < 4.78 is 31.5. The minimum atomic E-state index is -4.11. The Labute approximate surface area is 155 Å². The number of nitrogens with zero attached hydrogens (tertiary/aromatic N) is 4. The van der Waals surface area contributed by atoms with Gasteiger partial charge in [-0.05, 0) is 18.6 Å². The number of rotatable bonds is 6. The van der Waals surface area contributed by atoms with Crippen LogP contribution in [-0.2, 0) is 16.6 Å². The Morgan fingerprint density at radius 2 is 1.81 bits per heavy atom. The van der Waals surface area contributed by atoms with E-state index >= 15 is 0 Å². The van der Waals surface area contributed by atoms with Crippen LogP contribution in [0, 0.1) is 17.0 Å². The van der Waals surface area contributed by atoms with Crippen LogP contribution in [0.25, 0.3) is 11.4 Å². The molecule has 0 amide bonds. The summed E-state index contributed by atoms with van der Waals surface area (Å²) in [5, 5.41) is 15.0. The number of hydrogen-bond donors (Lipinski definition) is 0. The molecule has 0 atom stereocenters. The lowest BCUT2D eigenvalue weighted by atomic mass is 10.1. The summed E-state index contributed by atoms with van der Waals surface area (Å²) in [4.78, 5) is 14.2. The lowest BCUT2D eigenvalue weighted by molar-refractivity contribution is -0.387. The van der Waals surface area contributed by atoms with Gasteiger partial charge in [0.1, 0.15) is 0 Å². The van der Waals surface area contributed by atoms with Crippen LogP contribution in [0.2, 0.25) is 0 Å². The SMILES string of the molecule is Cc1ccccc1-c1noc(CN(C)S(=O)(=O)c2ccccc2[N+](=O)[O-])n1. The fourth-order valence-corrected chi connectivity index (χ4v) is 3.80. The van der Waals surface area contributed by atoms with E-state index in [2.05, 4.69) is 10.1 Å². The molecule has 1 aromatic heterocycles. The number of nitro groups is 1. The highest BCUT2D eigenvalue weighted by molar-refractivity contribution is 7.89. The van der Waals surface area contributed by atoms with Gasteiger partial charge in [-0.3, -0.25) is 10.1 Å². The van der Waals surface area contributed by atoms with E-state index in [-0.39, 0.29) is 12.4 Å². The van der Waals surface area contributed by atoms with Crippen molar-refractivity contribution in [3.05, 3.63) is 70.1 Å². The van der Waals surface area contributed by atoms with Crippen LogP contribution < -0.4 is 0 Å². The summed E-state index contributed by atoms with van der Waals surface area (Å²) in [7, 11) is -2.82. The summed E-state index contributed by atoms with van der Waals surface area (Å²) in [6.45, 7) is 1.68. The number of hydrogen-bond acceptors (Lipinski definition) is 7. The van der Waals surface area contributed by atoms with Gasteiger partial charge in [-0.15, -0.1) is 0 Å². The maximum Gasteiger partial charge on any atom is 0.289 e. The summed E-state index contributed by atoms with van der Waals surface area (Å²) in [6.07, 6.45) is 0. The Kier molecular flexibility index (Phi) is 5.02. The summed E-state index contributed by atoms with van der Waals surface area (Å²) in [6, 6.07) is 12.6. The van der Waals surface area contributed by atoms with Gasteiger partial charge in [0, 0.05) is 18.7 Å². The highest BCUT2D eigenvalue weighted by atomic mass is 32.2. The van der Waals surface area contributed by atoms with Crippen LogP contribution in [0.15, 0.2) is 57.9 Å². The Balaban J connectivity index is 1.87. The van der Waals surface area contributed by atoms with E-state index in [1.54, 1.807) is 0 Å². The molecule has 0 aliphatic carbocycles. The third kappa shape index (κ3) is 3.71. The maximum atomic E-state index is 12.7. The fourth-order valence-electron chi connectivity index (χ4n) is 2.52. The quantitative estimate of drug-likeness (QED) is 0.470. The normalized spacial score (nSPS) is 11.7. The van der Waals surface area contributed by atoms with Crippen molar-refractivity contribution < 1.29 is 17.9 Å². The Morgan fingerprint density at radius 1 is 1.15 bits per heavy atom. The molecule has 0 saturated heterocycles. The number of benzene rings is 2. The predicted octanol–water partition coefficient (Wildman–Crippen LogP) is 2.77. The number of para-hydroxylation sites is 1. The molecule has 3 rings (SSSR count). The summed E-state index contributed by atoms with van der Waals surface area (Å²) in [5.41, 5.74) is 1.23. The average Bonchev–Trinajstić information content (AvgIpc) is 3.10. The molecule has 0 saturated carbocycles. The first-order valence-corrected chi connectivity index (χ1v) is 9.33. The van der Waals surface area contributed by atoms with E-state index in [4.69, 9.17) is 4.52 Å². The molecule has 0 aliphatic rings. The average molecular weight is 388 g/mol. The first-order chi connectivity index (χ1) is 12.8. The van der Waals surface area contributed by atoms with E-state index in [9.17, 15) is 18.5 Å². The second-order valence-electron chi connectivity index (χ2n) is 5.81. The van der Waals surface area contributed by atoms with Gasteiger partial charge in [0.25, 0.3) is 5.69 Å². The standard InChI is InChI=1S/C17H16N4O5S/c1-12-7-3-4-8-13(12)17-18-16(26-19-17)11-20(2)27(24,25)15-10-6-5-9-14(15)21(22)23/h3-10H,11H2,1-2H3. The van der Waals surface area contributed by atoms with Crippen molar-refractivity contribution in [1.29, 1.82) is 0 Å². The first-order valence-electron chi connectivity index (χ1n) is 7.89. The molecule has 27 heavy (non-hydrogen) atoms. The highest BCUT2D eigenvalue weighted by Gasteiger charge is 2.30. The molecule has 9 nitrogen and oxygen atoms in total. The van der Waals surface area contributed by atoms with Crippen LogP contribution in [0.4, 0.5) is 5.69 Å². The molecular weight excluding hydrogens is 372 g/mol. The molecule has 0 aliphatic heterocycles. The topological polar surface area (TPSA) is 119 Å². The first kappa shape index (κ1) is 18.7. The van der Waals surface area contributed by atoms with Gasteiger partial charge in [0.15, 0.2) is 4.90 Å². The number of aryl methyl sites for hydroxylation is 1. The molecule has 3 aromatic rings. The lowest BCUT2D eigenvalue weighted by Crippen LogP contribution is -2.27. The zero-order valence-electron chi connectivity index (χ0n) is 14.6. The Bertz CT molecular complexity index is 1090. The second-order valence-corrected chi connectivity index (χ2v) is 7.83. The lowest BCUT2D eigenvalue weighted by Gasteiger charge is -2.14. The Morgan fingerprint density at radius 3 is 2.52 bits per heavy atom. The largest absolute Gasteiger partial charge is 0.338 e.